The van der Waals surface area contributed by atoms with E-state index in [0.717, 1.165) is 0 Å². The summed E-state index contributed by atoms with van der Waals surface area (Å²) < 4.78 is 14.2. The van der Waals surface area contributed by atoms with Crippen LogP contribution in [0.4, 0.5) is 0 Å². The molecule has 0 radical (unpaired) electrons. The summed E-state index contributed by atoms with van der Waals surface area (Å²) in [5, 5.41) is 0. The molecule has 0 rings (SSSR count). The largest absolute Gasteiger partial charge is 0.598 e. The Morgan fingerprint density at radius 2 is 1.92 bits per heavy atom. The van der Waals surface area contributed by atoms with Crippen molar-refractivity contribution in [3.05, 3.63) is 11.6 Å². The van der Waals surface area contributed by atoms with Gasteiger partial charge in [0.1, 0.15) is 4.75 Å². The lowest BCUT2D eigenvalue weighted by atomic mass is 10.3. The van der Waals surface area contributed by atoms with Crippen LogP contribution < -0.4 is 4.72 Å². The van der Waals surface area contributed by atoms with Crippen molar-refractivity contribution in [2.75, 3.05) is 6.54 Å². The van der Waals surface area contributed by atoms with E-state index in [-0.39, 0.29) is 4.75 Å². The smallest absolute Gasteiger partial charge is 0.136 e. The molecule has 1 atom stereocenters. The normalized spacial score (nSPS) is 14.2. The van der Waals surface area contributed by atoms with E-state index < -0.39 is 11.4 Å². The Labute approximate surface area is 78.7 Å². The first-order valence-corrected chi connectivity index (χ1v) is 5.28. The van der Waals surface area contributed by atoms with Crippen LogP contribution in [0.15, 0.2) is 11.6 Å². The van der Waals surface area contributed by atoms with Crippen molar-refractivity contribution in [3.8, 4) is 0 Å². The van der Waals surface area contributed by atoms with Gasteiger partial charge in [-0.1, -0.05) is 11.6 Å². The maximum absolute atomic E-state index is 11.4. The minimum Gasteiger partial charge on any atom is -0.598 e. The number of nitrogens with one attached hydrogen (secondary N) is 1. The fourth-order valence-corrected chi connectivity index (χ4v) is 1.21. The standard InChI is InChI=1S/C9H19NOS/c1-8(2)6-7-10-12(11)9(3,4)5/h6,10H,7H2,1-5H3. The third kappa shape index (κ3) is 5.63. The second kappa shape index (κ2) is 4.90. The summed E-state index contributed by atoms with van der Waals surface area (Å²) in [5.41, 5.74) is 1.24. The molecular formula is C9H19NOS. The molecule has 0 bridgehead atoms. The highest BCUT2D eigenvalue weighted by atomic mass is 32.2. The first-order valence-electron chi connectivity index (χ1n) is 4.13. The Hall–Kier alpha value is 0.01000. The lowest BCUT2D eigenvalue weighted by molar-refractivity contribution is 0.548. The van der Waals surface area contributed by atoms with Gasteiger partial charge in [-0.15, -0.1) is 4.72 Å². The van der Waals surface area contributed by atoms with Gasteiger partial charge in [-0.25, -0.2) is 0 Å². The SMILES string of the molecule is CC(C)=CCN[S+]([O-])C(C)(C)C. The molecule has 0 aromatic heterocycles. The highest BCUT2D eigenvalue weighted by molar-refractivity contribution is 7.90. The molecule has 12 heavy (non-hydrogen) atoms. The molecule has 0 aromatic carbocycles. The maximum atomic E-state index is 11.4. The number of hydrogen-bond acceptors (Lipinski definition) is 2. The molecule has 3 heteroatoms. The summed E-state index contributed by atoms with van der Waals surface area (Å²) >= 11 is -0.948. The summed E-state index contributed by atoms with van der Waals surface area (Å²) in [4.78, 5) is 0. The minimum absolute atomic E-state index is 0.171. The number of hydrogen-bond donors (Lipinski definition) is 1. The van der Waals surface area contributed by atoms with Crippen molar-refractivity contribution in [1.82, 2.24) is 4.72 Å². The van der Waals surface area contributed by atoms with Crippen molar-refractivity contribution < 1.29 is 4.55 Å². The predicted octanol–water partition coefficient (Wildman–Crippen LogP) is 2.00. The van der Waals surface area contributed by atoms with E-state index in [1.54, 1.807) is 0 Å². The van der Waals surface area contributed by atoms with E-state index in [4.69, 9.17) is 0 Å². The highest BCUT2D eigenvalue weighted by Gasteiger charge is 2.25. The van der Waals surface area contributed by atoms with Crippen LogP contribution in [0.3, 0.4) is 0 Å². The minimum atomic E-state index is -0.948. The monoisotopic (exact) mass is 189 g/mol. The van der Waals surface area contributed by atoms with Gasteiger partial charge in [-0.05, 0) is 34.6 Å². The van der Waals surface area contributed by atoms with Crippen LogP contribution in [0, 0.1) is 0 Å². The second-order valence-electron chi connectivity index (χ2n) is 4.01. The number of rotatable bonds is 3. The molecule has 0 aliphatic carbocycles. The Bertz CT molecular complexity index is 156. The van der Waals surface area contributed by atoms with Crippen LogP contribution >= 0.6 is 0 Å². The van der Waals surface area contributed by atoms with Gasteiger partial charge in [0, 0.05) is 11.4 Å². The lowest BCUT2D eigenvalue weighted by Gasteiger charge is -2.23. The van der Waals surface area contributed by atoms with Gasteiger partial charge in [0.2, 0.25) is 0 Å². The molecule has 0 saturated carbocycles. The fraction of sp³-hybridized carbons (Fsp3) is 0.778. The van der Waals surface area contributed by atoms with E-state index in [9.17, 15) is 4.55 Å². The van der Waals surface area contributed by atoms with E-state index in [2.05, 4.69) is 4.72 Å². The van der Waals surface area contributed by atoms with Gasteiger partial charge < -0.3 is 4.55 Å². The zero-order valence-electron chi connectivity index (χ0n) is 8.60. The van der Waals surface area contributed by atoms with E-state index in [0.29, 0.717) is 6.54 Å². The molecule has 1 unspecified atom stereocenters. The molecule has 0 aromatic rings. The van der Waals surface area contributed by atoms with Crippen molar-refractivity contribution >= 4 is 11.4 Å². The van der Waals surface area contributed by atoms with Crippen LogP contribution in [0.2, 0.25) is 0 Å². The molecule has 2 nitrogen and oxygen atoms in total. The fourth-order valence-electron chi connectivity index (χ4n) is 0.538. The van der Waals surface area contributed by atoms with Crippen molar-refractivity contribution in [2.45, 2.75) is 39.4 Å². The third-order valence-corrected chi connectivity index (χ3v) is 2.82. The Morgan fingerprint density at radius 1 is 1.42 bits per heavy atom. The molecule has 0 fully saturated rings. The van der Waals surface area contributed by atoms with E-state index in [1.807, 2.05) is 40.7 Å². The highest BCUT2D eigenvalue weighted by Crippen LogP contribution is 2.12. The quantitative estimate of drug-likeness (QED) is 0.544. The molecule has 72 valence electrons. The van der Waals surface area contributed by atoms with Gasteiger partial charge in [0.25, 0.3) is 0 Å². The average Bonchev–Trinajstić information content (AvgIpc) is 1.84. The van der Waals surface area contributed by atoms with Gasteiger partial charge in [-0.3, -0.25) is 0 Å². The topological polar surface area (TPSA) is 35.1 Å². The molecular weight excluding hydrogens is 170 g/mol. The summed E-state index contributed by atoms with van der Waals surface area (Å²) in [7, 11) is 0. The average molecular weight is 189 g/mol. The van der Waals surface area contributed by atoms with Crippen molar-refractivity contribution in [2.24, 2.45) is 0 Å². The van der Waals surface area contributed by atoms with Crippen LogP contribution in [-0.4, -0.2) is 15.8 Å². The van der Waals surface area contributed by atoms with Crippen LogP contribution in [-0.2, 0) is 11.4 Å². The third-order valence-electron chi connectivity index (χ3n) is 1.28. The van der Waals surface area contributed by atoms with Crippen molar-refractivity contribution in [1.29, 1.82) is 0 Å². The molecule has 0 saturated heterocycles. The Kier molecular flexibility index (Phi) is 4.90. The zero-order chi connectivity index (χ0) is 9.78. The van der Waals surface area contributed by atoms with E-state index >= 15 is 0 Å². The Morgan fingerprint density at radius 3 is 2.25 bits per heavy atom. The predicted molar refractivity (Wildman–Crippen MR) is 55.3 cm³/mol. The first-order chi connectivity index (χ1) is 5.34. The van der Waals surface area contributed by atoms with Gasteiger partial charge in [0.05, 0.1) is 6.54 Å². The summed E-state index contributed by atoms with van der Waals surface area (Å²) in [6.45, 7) is 10.6. The second-order valence-corrected chi connectivity index (χ2v) is 6.06. The van der Waals surface area contributed by atoms with Crippen LogP contribution in [0.25, 0.3) is 0 Å². The molecule has 0 aliphatic rings. The molecule has 0 heterocycles. The van der Waals surface area contributed by atoms with Gasteiger partial charge in [-0.2, -0.15) is 0 Å². The van der Waals surface area contributed by atoms with Gasteiger partial charge >= 0.3 is 0 Å². The zero-order valence-corrected chi connectivity index (χ0v) is 9.42. The molecule has 0 aliphatic heterocycles. The van der Waals surface area contributed by atoms with E-state index in [1.165, 1.54) is 5.57 Å². The summed E-state index contributed by atoms with van der Waals surface area (Å²) in [6, 6.07) is 0. The summed E-state index contributed by atoms with van der Waals surface area (Å²) in [6.07, 6.45) is 2.03. The van der Waals surface area contributed by atoms with Crippen molar-refractivity contribution in [3.63, 3.8) is 0 Å². The van der Waals surface area contributed by atoms with Crippen LogP contribution in [0.1, 0.15) is 34.6 Å². The molecule has 0 spiro atoms. The maximum Gasteiger partial charge on any atom is 0.136 e. The molecule has 1 N–H and O–H groups in total. The van der Waals surface area contributed by atoms with Crippen LogP contribution in [0.5, 0.6) is 0 Å². The molecule has 0 amide bonds. The first kappa shape index (κ1) is 12.0. The number of allylic oxidation sites excluding steroid dienone is 1. The summed E-state index contributed by atoms with van der Waals surface area (Å²) in [5.74, 6) is 0. The van der Waals surface area contributed by atoms with Gasteiger partial charge in [0.15, 0.2) is 0 Å². The Balaban J connectivity index is 3.73. The lowest BCUT2D eigenvalue weighted by Crippen LogP contribution is -2.39.